The van der Waals surface area contributed by atoms with Crippen LogP contribution in [0.1, 0.15) is 6.92 Å². The molecule has 0 unspecified atom stereocenters. The fraction of sp³-hybridized carbons (Fsp3) is 0.235. The highest BCUT2D eigenvalue weighted by Crippen LogP contribution is 2.36. The van der Waals surface area contributed by atoms with Crippen molar-refractivity contribution in [2.24, 2.45) is 4.99 Å². The number of nitrogens with one attached hydrogen (secondary N) is 1. The lowest BCUT2D eigenvalue weighted by Gasteiger charge is -2.12. The minimum atomic E-state index is 0.528. The monoisotopic (exact) mass is 351 g/mol. The van der Waals surface area contributed by atoms with E-state index in [-0.39, 0.29) is 0 Å². The number of methoxy groups -OCH3 is 1. The van der Waals surface area contributed by atoms with Crippen molar-refractivity contribution >= 4 is 46.6 Å². The molecule has 0 saturated carbocycles. The molecule has 4 nitrogen and oxygen atoms in total. The number of nitrogens with zero attached hydrogens (tertiary/aromatic N) is 2. The lowest BCUT2D eigenvalue weighted by molar-refractivity contribution is 0.415. The van der Waals surface area contributed by atoms with Crippen LogP contribution in [0.3, 0.4) is 0 Å². The highest BCUT2D eigenvalue weighted by atomic mass is 35.5. The van der Waals surface area contributed by atoms with Crippen LogP contribution in [0.25, 0.3) is 0 Å². The van der Waals surface area contributed by atoms with Crippen molar-refractivity contribution in [3.05, 3.63) is 46.4 Å². The summed E-state index contributed by atoms with van der Waals surface area (Å²) in [6.45, 7) is 2.91. The quantitative estimate of drug-likeness (QED) is 0.562. The number of hydrogen-bond acceptors (Lipinski definition) is 3. The van der Waals surface area contributed by atoms with Gasteiger partial charge >= 0.3 is 0 Å². The minimum absolute atomic E-state index is 0.528. The van der Waals surface area contributed by atoms with Gasteiger partial charge in [0, 0.05) is 25.3 Å². The Labute approximate surface area is 146 Å². The summed E-state index contributed by atoms with van der Waals surface area (Å²) in [7, 11) is 3.57. The van der Waals surface area contributed by atoms with Gasteiger partial charge in [-0.1, -0.05) is 29.3 Å². The van der Waals surface area contributed by atoms with Crippen LogP contribution in [0.4, 0.5) is 17.1 Å². The highest BCUT2D eigenvalue weighted by Gasteiger charge is 2.08. The van der Waals surface area contributed by atoms with E-state index in [0.29, 0.717) is 21.4 Å². The number of rotatable bonds is 6. The Balaban J connectivity index is 2.24. The van der Waals surface area contributed by atoms with Crippen LogP contribution < -0.4 is 10.1 Å². The van der Waals surface area contributed by atoms with Crippen LogP contribution in [-0.2, 0) is 0 Å². The molecule has 2 aromatic rings. The third-order valence-electron chi connectivity index (χ3n) is 3.28. The maximum atomic E-state index is 6.33. The molecule has 0 heterocycles. The first-order valence-corrected chi connectivity index (χ1v) is 7.93. The minimum Gasteiger partial charge on any atom is -0.497 e. The third-order valence-corrected chi connectivity index (χ3v) is 3.89. The van der Waals surface area contributed by atoms with Gasteiger partial charge in [0.15, 0.2) is 0 Å². The third kappa shape index (κ3) is 4.78. The molecule has 0 saturated heterocycles. The van der Waals surface area contributed by atoms with Crippen molar-refractivity contribution in [1.82, 2.24) is 4.90 Å². The molecule has 122 valence electrons. The van der Waals surface area contributed by atoms with Crippen molar-refractivity contribution in [1.29, 1.82) is 0 Å². The molecule has 23 heavy (non-hydrogen) atoms. The lowest BCUT2D eigenvalue weighted by atomic mass is 10.2. The number of anilines is 2. The topological polar surface area (TPSA) is 36.9 Å². The first-order valence-electron chi connectivity index (χ1n) is 7.18. The Morgan fingerprint density at radius 2 is 2.00 bits per heavy atom. The van der Waals surface area contributed by atoms with Gasteiger partial charge in [-0.2, -0.15) is 0 Å². The predicted octanol–water partition coefficient (Wildman–Crippen LogP) is 5.36. The summed E-state index contributed by atoms with van der Waals surface area (Å²) in [6.07, 6.45) is 1.73. The zero-order valence-electron chi connectivity index (χ0n) is 13.3. The van der Waals surface area contributed by atoms with Crippen molar-refractivity contribution < 1.29 is 4.74 Å². The SMILES string of the molecule is CCN(C)C=Nc1cc(Cl)c(Nc2cccc(OC)c2)cc1Cl. The van der Waals surface area contributed by atoms with Crippen LogP contribution >= 0.6 is 23.2 Å². The normalized spacial score (nSPS) is 10.8. The van der Waals surface area contributed by atoms with Crippen LogP contribution in [0.5, 0.6) is 5.75 Å². The number of halogens is 2. The van der Waals surface area contributed by atoms with Crippen molar-refractivity contribution in [3.8, 4) is 5.75 Å². The molecule has 0 atom stereocenters. The zero-order valence-corrected chi connectivity index (χ0v) is 14.8. The van der Waals surface area contributed by atoms with E-state index in [1.807, 2.05) is 43.1 Å². The first-order chi connectivity index (χ1) is 11.0. The molecule has 6 heteroatoms. The van der Waals surface area contributed by atoms with Crippen LogP contribution in [0.15, 0.2) is 41.4 Å². The standard InChI is InChI=1S/C17H19Cl2N3O/c1-4-22(2)11-20-16-9-15(19)17(10-14(16)18)21-12-6-5-7-13(8-12)23-3/h5-11,21H,4H2,1-3H3. The van der Waals surface area contributed by atoms with Gasteiger partial charge in [-0.05, 0) is 31.2 Å². The number of ether oxygens (including phenoxy) is 1. The van der Waals surface area contributed by atoms with Gasteiger partial charge in [0.05, 0.1) is 34.9 Å². The molecule has 2 aromatic carbocycles. The summed E-state index contributed by atoms with van der Waals surface area (Å²) in [6, 6.07) is 11.1. The summed E-state index contributed by atoms with van der Waals surface area (Å²) in [5.74, 6) is 0.765. The Bertz CT molecular complexity index is 704. The Kier molecular flexibility index (Phi) is 6.13. The van der Waals surface area contributed by atoms with Gasteiger partial charge < -0.3 is 15.0 Å². The summed E-state index contributed by atoms with van der Waals surface area (Å²) in [4.78, 5) is 6.30. The Hall–Kier alpha value is -1.91. The maximum Gasteiger partial charge on any atom is 0.120 e. The second-order valence-corrected chi connectivity index (χ2v) is 5.77. The fourth-order valence-electron chi connectivity index (χ4n) is 1.83. The molecule has 0 radical (unpaired) electrons. The van der Waals surface area contributed by atoms with Crippen molar-refractivity contribution in [2.45, 2.75) is 6.92 Å². The van der Waals surface area contributed by atoms with E-state index in [0.717, 1.165) is 18.0 Å². The summed E-state index contributed by atoms with van der Waals surface area (Å²) >= 11 is 12.6. The van der Waals surface area contributed by atoms with E-state index < -0.39 is 0 Å². The summed E-state index contributed by atoms with van der Waals surface area (Å²) in [5.41, 5.74) is 2.21. The van der Waals surface area contributed by atoms with E-state index in [1.165, 1.54) is 0 Å². The van der Waals surface area contributed by atoms with E-state index in [1.54, 1.807) is 25.6 Å². The van der Waals surface area contributed by atoms with E-state index >= 15 is 0 Å². The first kappa shape index (κ1) is 17.4. The van der Waals surface area contributed by atoms with Gasteiger partial charge in [0.2, 0.25) is 0 Å². The largest absolute Gasteiger partial charge is 0.497 e. The molecule has 2 rings (SSSR count). The summed E-state index contributed by atoms with van der Waals surface area (Å²) in [5, 5.41) is 4.31. The lowest BCUT2D eigenvalue weighted by Crippen LogP contribution is -2.14. The molecule has 0 amide bonds. The van der Waals surface area contributed by atoms with Gasteiger partial charge in [0.1, 0.15) is 5.75 Å². The van der Waals surface area contributed by atoms with E-state index in [9.17, 15) is 0 Å². The maximum absolute atomic E-state index is 6.33. The molecule has 0 bridgehead atoms. The molecule has 0 aliphatic heterocycles. The average Bonchev–Trinajstić information content (AvgIpc) is 2.56. The zero-order chi connectivity index (χ0) is 16.8. The van der Waals surface area contributed by atoms with Gasteiger partial charge in [-0.3, -0.25) is 0 Å². The van der Waals surface area contributed by atoms with Crippen molar-refractivity contribution in [2.75, 3.05) is 26.0 Å². The van der Waals surface area contributed by atoms with Crippen molar-refractivity contribution in [3.63, 3.8) is 0 Å². The average molecular weight is 352 g/mol. The van der Waals surface area contributed by atoms with E-state index in [4.69, 9.17) is 27.9 Å². The van der Waals surface area contributed by atoms with Gasteiger partial charge in [-0.25, -0.2) is 4.99 Å². The molecule has 0 aliphatic carbocycles. The smallest absolute Gasteiger partial charge is 0.120 e. The molecule has 0 aliphatic rings. The number of aliphatic imine (C=N–C) groups is 1. The molecule has 0 aromatic heterocycles. The molecular formula is C17H19Cl2N3O. The number of hydrogen-bond donors (Lipinski definition) is 1. The van der Waals surface area contributed by atoms with E-state index in [2.05, 4.69) is 10.3 Å². The van der Waals surface area contributed by atoms with Gasteiger partial charge in [0.25, 0.3) is 0 Å². The van der Waals surface area contributed by atoms with Crippen LogP contribution in [0, 0.1) is 0 Å². The van der Waals surface area contributed by atoms with Crippen LogP contribution in [-0.4, -0.2) is 31.9 Å². The molecule has 0 fully saturated rings. The summed E-state index contributed by atoms with van der Waals surface area (Å²) < 4.78 is 5.21. The molecule has 0 spiro atoms. The Morgan fingerprint density at radius 1 is 1.22 bits per heavy atom. The fourth-order valence-corrected chi connectivity index (χ4v) is 2.25. The van der Waals surface area contributed by atoms with Crippen LogP contribution in [0.2, 0.25) is 10.0 Å². The Morgan fingerprint density at radius 3 is 2.70 bits per heavy atom. The second-order valence-electron chi connectivity index (χ2n) is 4.96. The molecular weight excluding hydrogens is 333 g/mol. The second kappa shape index (κ2) is 8.09. The molecule has 1 N–H and O–H groups in total. The predicted molar refractivity (Wildman–Crippen MR) is 99.2 cm³/mol. The highest BCUT2D eigenvalue weighted by molar-refractivity contribution is 6.37. The van der Waals surface area contributed by atoms with Gasteiger partial charge in [-0.15, -0.1) is 0 Å². The number of benzene rings is 2.